The number of rotatable bonds is 6. The van der Waals surface area contributed by atoms with E-state index in [1.807, 2.05) is 0 Å². The van der Waals surface area contributed by atoms with Gasteiger partial charge in [-0.15, -0.1) is 6.58 Å². The van der Waals surface area contributed by atoms with Crippen LogP contribution in [-0.4, -0.2) is 24.1 Å². The standard InChI is InChI=1S/C12H16N2O2/c1-2-7-13-9-12(16)14-8-10-3-5-11(15)6-4-10/h2-6,13,15H,1,7-9H2,(H,14,16). The van der Waals surface area contributed by atoms with Crippen LogP contribution in [0.2, 0.25) is 0 Å². The fourth-order valence-electron chi connectivity index (χ4n) is 1.16. The summed E-state index contributed by atoms with van der Waals surface area (Å²) in [5.74, 6) is 0.164. The molecule has 0 bridgehead atoms. The third kappa shape index (κ3) is 4.61. The van der Waals surface area contributed by atoms with Crippen molar-refractivity contribution in [3.63, 3.8) is 0 Å². The van der Waals surface area contributed by atoms with Crippen molar-refractivity contribution in [2.24, 2.45) is 0 Å². The fraction of sp³-hybridized carbons (Fsp3) is 0.250. The first kappa shape index (κ1) is 12.3. The lowest BCUT2D eigenvalue weighted by Crippen LogP contribution is -2.33. The van der Waals surface area contributed by atoms with Crippen LogP contribution in [0.1, 0.15) is 5.56 Å². The Morgan fingerprint density at radius 1 is 1.38 bits per heavy atom. The van der Waals surface area contributed by atoms with Crippen LogP contribution in [0.25, 0.3) is 0 Å². The summed E-state index contributed by atoms with van der Waals surface area (Å²) in [5.41, 5.74) is 0.954. The van der Waals surface area contributed by atoms with E-state index in [9.17, 15) is 4.79 Å². The SMILES string of the molecule is C=CCNCC(=O)NCc1ccc(O)cc1. The van der Waals surface area contributed by atoms with Crippen LogP contribution in [0.15, 0.2) is 36.9 Å². The first-order valence-corrected chi connectivity index (χ1v) is 5.08. The number of benzene rings is 1. The summed E-state index contributed by atoms with van der Waals surface area (Å²) < 4.78 is 0. The summed E-state index contributed by atoms with van der Waals surface area (Å²) in [4.78, 5) is 11.3. The van der Waals surface area contributed by atoms with Crippen molar-refractivity contribution < 1.29 is 9.90 Å². The van der Waals surface area contributed by atoms with Gasteiger partial charge in [0.25, 0.3) is 0 Å². The Morgan fingerprint density at radius 3 is 2.69 bits per heavy atom. The van der Waals surface area contributed by atoms with Crippen molar-refractivity contribution in [1.82, 2.24) is 10.6 Å². The maximum Gasteiger partial charge on any atom is 0.234 e. The van der Waals surface area contributed by atoms with Gasteiger partial charge in [-0.25, -0.2) is 0 Å². The molecule has 1 aromatic carbocycles. The van der Waals surface area contributed by atoms with Crippen molar-refractivity contribution in [3.8, 4) is 5.75 Å². The number of amides is 1. The average molecular weight is 220 g/mol. The molecule has 0 aliphatic carbocycles. The first-order valence-electron chi connectivity index (χ1n) is 5.08. The van der Waals surface area contributed by atoms with Gasteiger partial charge in [0.2, 0.25) is 5.91 Å². The Labute approximate surface area is 95.0 Å². The predicted octanol–water partition coefficient (Wildman–Crippen LogP) is 0.784. The number of carbonyl (C=O) groups excluding carboxylic acids is 1. The van der Waals surface area contributed by atoms with Crippen LogP contribution in [0, 0.1) is 0 Å². The Hall–Kier alpha value is -1.81. The first-order chi connectivity index (χ1) is 7.72. The van der Waals surface area contributed by atoms with Gasteiger partial charge in [0, 0.05) is 13.1 Å². The molecule has 0 atom stereocenters. The van der Waals surface area contributed by atoms with Crippen molar-refractivity contribution in [2.75, 3.05) is 13.1 Å². The quantitative estimate of drug-likeness (QED) is 0.490. The second-order valence-electron chi connectivity index (χ2n) is 3.36. The van der Waals surface area contributed by atoms with E-state index < -0.39 is 0 Å². The van der Waals surface area contributed by atoms with Crippen molar-refractivity contribution in [2.45, 2.75) is 6.54 Å². The van der Waals surface area contributed by atoms with Gasteiger partial charge in [0.15, 0.2) is 0 Å². The minimum atomic E-state index is -0.0603. The minimum absolute atomic E-state index is 0.0603. The van der Waals surface area contributed by atoms with Crippen molar-refractivity contribution >= 4 is 5.91 Å². The van der Waals surface area contributed by atoms with Crippen LogP contribution < -0.4 is 10.6 Å². The molecule has 1 rings (SSSR count). The molecule has 0 saturated heterocycles. The second-order valence-corrected chi connectivity index (χ2v) is 3.36. The maximum absolute atomic E-state index is 11.3. The highest BCUT2D eigenvalue weighted by molar-refractivity contribution is 5.77. The van der Waals surface area contributed by atoms with Crippen molar-refractivity contribution in [3.05, 3.63) is 42.5 Å². The van der Waals surface area contributed by atoms with Crippen molar-refractivity contribution in [1.29, 1.82) is 0 Å². The van der Waals surface area contributed by atoms with E-state index in [-0.39, 0.29) is 18.2 Å². The lowest BCUT2D eigenvalue weighted by molar-refractivity contribution is -0.120. The van der Waals surface area contributed by atoms with Crippen LogP contribution in [-0.2, 0) is 11.3 Å². The average Bonchev–Trinajstić information content (AvgIpc) is 2.29. The van der Waals surface area contributed by atoms with E-state index in [0.717, 1.165) is 5.56 Å². The molecule has 0 saturated carbocycles. The van der Waals surface area contributed by atoms with Crippen LogP contribution in [0.3, 0.4) is 0 Å². The van der Waals surface area contributed by atoms with E-state index in [1.165, 1.54) is 0 Å². The predicted molar refractivity (Wildman–Crippen MR) is 63.0 cm³/mol. The minimum Gasteiger partial charge on any atom is -0.508 e. The summed E-state index contributed by atoms with van der Waals surface area (Å²) in [5, 5.41) is 14.7. The third-order valence-corrected chi connectivity index (χ3v) is 2.00. The molecule has 1 aromatic rings. The topological polar surface area (TPSA) is 61.4 Å². The molecule has 0 heterocycles. The van der Waals surface area contributed by atoms with Gasteiger partial charge in [-0.2, -0.15) is 0 Å². The maximum atomic E-state index is 11.3. The number of hydrogen-bond donors (Lipinski definition) is 3. The highest BCUT2D eigenvalue weighted by Gasteiger charge is 1.99. The number of nitrogens with one attached hydrogen (secondary N) is 2. The molecule has 86 valence electrons. The largest absolute Gasteiger partial charge is 0.508 e. The molecule has 0 spiro atoms. The zero-order valence-electron chi connectivity index (χ0n) is 9.07. The molecule has 3 N–H and O–H groups in total. The Balaban J connectivity index is 2.26. The Kier molecular flexibility index (Phi) is 5.08. The molecule has 1 amide bonds. The number of phenols is 1. The van der Waals surface area contributed by atoms with Crippen LogP contribution in [0.5, 0.6) is 5.75 Å². The smallest absolute Gasteiger partial charge is 0.234 e. The summed E-state index contributed by atoms with van der Waals surface area (Å²) >= 11 is 0. The molecule has 0 aliphatic heterocycles. The van der Waals surface area contributed by atoms with Gasteiger partial charge >= 0.3 is 0 Å². The molecule has 4 nitrogen and oxygen atoms in total. The molecular weight excluding hydrogens is 204 g/mol. The molecule has 4 heteroatoms. The second kappa shape index (κ2) is 6.63. The number of carbonyl (C=O) groups is 1. The van der Waals surface area contributed by atoms with E-state index >= 15 is 0 Å². The molecule has 0 aliphatic rings. The molecule has 0 aromatic heterocycles. The highest BCUT2D eigenvalue weighted by atomic mass is 16.3. The molecule has 0 radical (unpaired) electrons. The third-order valence-electron chi connectivity index (χ3n) is 2.00. The van der Waals surface area contributed by atoms with Gasteiger partial charge in [0.05, 0.1) is 6.54 Å². The number of phenolic OH excluding ortho intramolecular Hbond substituents is 1. The van der Waals surface area contributed by atoms with E-state index in [2.05, 4.69) is 17.2 Å². The Morgan fingerprint density at radius 2 is 2.06 bits per heavy atom. The van der Waals surface area contributed by atoms with E-state index in [4.69, 9.17) is 5.11 Å². The zero-order valence-corrected chi connectivity index (χ0v) is 9.07. The summed E-state index contributed by atoms with van der Waals surface area (Å²) in [6, 6.07) is 6.73. The van der Waals surface area contributed by atoms with Crippen LogP contribution in [0.4, 0.5) is 0 Å². The summed E-state index contributed by atoms with van der Waals surface area (Å²) in [6.07, 6.45) is 1.70. The molecular formula is C12H16N2O2. The fourth-order valence-corrected chi connectivity index (χ4v) is 1.16. The van der Waals surface area contributed by atoms with Crippen LogP contribution >= 0.6 is 0 Å². The monoisotopic (exact) mass is 220 g/mol. The number of aromatic hydroxyl groups is 1. The Bertz CT molecular complexity index is 347. The zero-order chi connectivity index (χ0) is 11.8. The van der Waals surface area contributed by atoms with Gasteiger partial charge in [-0.3, -0.25) is 4.79 Å². The summed E-state index contributed by atoms with van der Waals surface area (Å²) in [7, 11) is 0. The summed E-state index contributed by atoms with van der Waals surface area (Å²) in [6.45, 7) is 4.91. The highest BCUT2D eigenvalue weighted by Crippen LogP contribution is 2.08. The molecule has 0 fully saturated rings. The van der Waals surface area contributed by atoms with Gasteiger partial charge in [-0.1, -0.05) is 18.2 Å². The van der Waals surface area contributed by atoms with Gasteiger partial charge < -0.3 is 15.7 Å². The van der Waals surface area contributed by atoms with E-state index in [0.29, 0.717) is 13.1 Å². The van der Waals surface area contributed by atoms with Gasteiger partial charge in [-0.05, 0) is 17.7 Å². The van der Waals surface area contributed by atoms with Gasteiger partial charge in [0.1, 0.15) is 5.75 Å². The van der Waals surface area contributed by atoms with E-state index in [1.54, 1.807) is 30.3 Å². The lowest BCUT2D eigenvalue weighted by atomic mass is 10.2. The lowest BCUT2D eigenvalue weighted by Gasteiger charge is -2.05. The molecule has 0 unspecified atom stereocenters. The number of hydrogen-bond acceptors (Lipinski definition) is 3. The normalized spacial score (nSPS) is 9.75. The molecule has 16 heavy (non-hydrogen) atoms.